The average Bonchev–Trinajstić information content (AvgIpc) is 2.22. The molecule has 1 N–H and O–H groups in total. The van der Waals surface area contributed by atoms with E-state index >= 15 is 0 Å². The number of rotatable bonds is 4. The number of hydrogen-bond donors (Lipinski definition) is 1. The van der Waals surface area contributed by atoms with Crippen LogP contribution in [0.4, 0.5) is 0 Å². The highest BCUT2D eigenvalue weighted by molar-refractivity contribution is 9.11. The van der Waals surface area contributed by atoms with Crippen LogP contribution < -0.4 is 0 Å². The molecule has 0 fully saturated rings. The second-order valence-electron chi connectivity index (χ2n) is 3.69. The summed E-state index contributed by atoms with van der Waals surface area (Å²) < 4.78 is 26.2. The molecule has 0 radical (unpaired) electrons. The number of carbonyl (C=O) groups is 1. The minimum absolute atomic E-state index is 0.0312. The Morgan fingerprint density at radius 3 is 2.39 bits per heavy atom. The fourth-order valence-electron chi connectivity index (χ4n) is 1.27. The maximum Gasteiger partial charge on any atom is 0.318 e. The molecule has 1 aromatic carbocycles. The van der Waals surface area contributed by atoms with Gasteiger partial charge < -0.3 is 5.11 Å². The predicted molar refractivity (Wildman–Crippen MR) is 74.0 cm³/mol. The van der Waals surface area contributed by atoms with E-state index in [9.17, 15) is 13.2 Å². The molecule has 0 saturated heterocycles. The predicted octanol–water partition coefficient (Wildman–Crippen LogP) is 2.23. The van der Waals surface area contributed by atoms with Gasteiger partial charge >= 0.3 is 5.97 Å². The first-order valence-corrected chi connectivity index (χ1v) is 7.82. The molecule has 0 saturated carbocycles. The summed E-state index contributed by atoms with van der Waals surface area (Å²) in [7, 11) is -2.60. The molecule has 1 rings (SSSR count). The lowest BCUT2D eigenvalue weighted by atomic mass is 10.2. The van der Waals surface area contributed by atoms with E-state index in [0.29, 0.717) is 8.95 Å². The molecule has 8 heteroatoms. The fraction of sp³-hybridized carbons (Fsp3) is 0.300. The third-order valence-corrected chi connectivity index (χ3v) is 5.88. The summed E-state index contributed by atoms with van der Waals surface area (Å²) in [5, 5.41) is 8.64. The monoisotopic (exact) mass is 399 g/mol. The van der Waals surface area contributed by atoms with Crippen molar-refractivity contribution in [2.24, 2.45) is 0 Å². The molecule has 0 spiro atoms. The van der Waals surface area contributed by atoms with Crippen LogP contribution in [0.25, 0.3) is 0 Å². The van der Waals surface area contributed by atoms with Gasteiger partial charge in [0.15, 0.2) is 0 Å². The molecule has 0 aliphatic carbocycles. The van der Waals surface area contributed by atoms with E-state index in [0.717, 1.165) is 9.87 Å². The first-order chi connectivity index (χ1) is 8.16. The van der Waals surface area contributed by atoms with E-state index in [1.54, 1.807) is 6.07 Å². The first-order valence-electron chi connectivity index (χ1n) is 4.80. The maximum atomic E-state index is 12.2. The van der Waals surface area contributed by atoms with Crippen LogP contribution in [0.5, 0.6) is 0 Å². The summed E-state index contributed by atoms with van der Waals surface area (Å²) in [6.07, 6.45) is 0. The number of sulfonamides is 1. The molecule has 5 nitrogen and oxygen atoms in total. The second kappa shape index (κ2) is 5.68. The third-order valence-electron chi connectivity index (χ3n) is 2.26. The Morgan fingerprint density at radius 2 is 1.89 bits per heavy atom. The zero-order valence-electron chi connectivity index (χ0n) is 9.65. The van der Waals surface area contributed by atoms with E-state index in [2.05, 4.69) is 31.9 Å². The maximum absolute atomic E-state index is 12.2. The number of likely N-dealkylation sites (N-methyl/N-ethyl adjacent to an activating group) is 1. The van der Waals surface area contributed by atoms with Gasteiger partial charge in [-0.25, -0.2) is 8.42 Å². The molecule has 18 heavy (non-hydrogen) atoms. The number of benzene rings is 1. The van der Waals surface area contributed by atoms with Crippen LogP contribution in [-0.2, 0) is 14.8 Å². The van der Waals surface area contributed by atoms with Crippen LogP contribution in [0.2, 0.25) is 0 Å². The normalized spacial score (nSPS) is 11.8. The summed E-state index contributed by atoms with van der Waals surface area (Å²) in [6, 6.07) is 3.11. The van der Waals surface area contributed by atoms with Gasteiger partial charge in [-0.3, -0.25) is 4.79 Å². The molecular weight excluding hydrogens is 390 g/mol. The molecule has 0 aliphatic rings. The van der Waals surface area contributed by atoms with Crippen molar-refractivity contribution in [3.8, 4) is 0 Å². The van der Waals surface area contributed by atoms with Crippen molar-refractivity contribution >= 4 is 47.9 Å². The fourth-order valence-corrected chi connectivity index (χ4v) is 4.02. The van der Waals surface area contributed by atoms with E-state index in [4.69, 9.17) is 5.11 Å². The van der Waals surface area contributed by atoms with Gasteiger partial charge in [0.2, 0.25) is 10.0 Å². The summed E-state index contributed by atoms with van der Waals surface area (Å²) in [5.41, 5.74) is 0.877. The first kappa shape index (κ1) is 15.6. The van der Waals surface area contributed by atoms with E-state index in [-0.39, 0.29) is 4.90 Å². The SMILES string of the molecule is Cc1cc(Br)c(S(=O)(=O)N(C)CC(=O)O)cc1Br. The summed E-state index contributed by atoms with van der Waals surface area (Å²) in [4.78, 5) is 10.6. The quantitative estimate of drug-likeness (QED) is 0.840. The minimum atomic E-state index is -3.83. The van der Waals surface area contributed by atoms with Gasteiger partial charge in [0, 0.05) is 16.0 Å². The van der Waals surface area contributed by atoms with Crippen LogP contribution >= 0.6 is 31.9 Å². The molecule has 100 valence electrons. The Bertz CT molecular complexity index is 586. The van der Waals surface area contributed by atoms with Crippen LogP contribution in [0.3, 0.4) is 0 Å². The number of carboxylic acids is 1. The smallest absolute Gasteiger partial charge is 0.318 e. The van der Waals surface area contributed by atoms with Gasteiger partial charge in [-0.1, -0.05) is 15.9 Å². The molecular formula is C10H11Br2NO4S. The molecule has 1 aromatic rings. The highest BCUT2D eigenvalue weighted by Gasteiger charge is 2.25. The second-order valence-corrected chi connectivity index (χ2v) is 7.41. The third kappa shape index (κ3) is 3.31. The zero-order chi connectivity index (χ0) is 14.1. The Kier molecular flexibility index (Phi) is 4.93. The van der Waals surface area contributed by atoms with Crippen molar-refractivity contribution in [1.29, 1.82) is 0 Å². The average molecular weight is 401 g/mol. The van der Waals surface area contributed by atoms with Crippen molar-refractivity contribution in [2.45, 2.75) is 11.8 Å². The van der Waals surface area contributed by atoms with Gasteiger partial charge in [-0.05, 0) is 40.5 Å². The topological polar surface area (TPSA) is 74.7 Å². The van der Waals surface area contributed by atoms with Gasteiger partial charge in [-0.15, -0.1) is 0 Å². The molecule has 0 amide bonds. The summed E-state index contributed by atoms with van der Waals surface area (Å²) in [5.74, 6) is -1.21. The number of nitrogens with zero attached hydrogens (tertiary/aromatic N) is 1. The highest BCUT2D eigenvalue weighted by atomic mass is 79.9. The van der Waals surface area contributed by atoms with Crippen molar-refractivity contribution < 1.29 is 18.3 Å². The number of carboxylic acid groups (broad SMARTS) is 1. The Labute approximate surface area is 122 Å². The van der Waals surface area contributed by atoms with E-state index in [1.165, 1.54) is 13.1 Å². The molecule has 0 heterocycles. The summed E-state index contributed by atoms with van der Waals surface area (Å²) in [6.45, 7) is 1.24. The number of hydrogen-bond acceptors (Lipinski definition) is 3. The Morgan fingerprint density at radius 1 is 1.33 bits per heavy atom. The van der Waals surface area contributed by atoms with Crippen molar-refractivity contribution in [1.82, 2.24) is 4.31 Å². The van der Waals surface area contributed by atoms with Crippen LogP contribution in [0.1, 0.15) is 5.56 Å². The van der Waals surface area contributed by atoms with Crippen molar-refractivity contribution in [3.63, 3.8) is 0 Å². The van der Waals surface area contributed by atoms with Crippen LogP contribution in [0.15, 0.2) is 26.0 Å². The molecule has 0 aliphatic heterocycles. The van der Waals surface area contributed by atoms with Crippen LogP contribution in [0, 0.1) is 6.92 Å². The molecule has 0 unspecified atom stereocenters. The van der Waals surface area contributed by atoms with Gasteiger partial charge in [0.1, 0.15) is 6.54 Å². The summed E-state index contributed by atoms with van der Waals surface area (Å²) >= 11 is 6.43. The van der Waals surface area contributed by atoms with E-state index < -0.39 is 22.5 Å². The van der Waals surface area contributed by atoms with Gasteiger partial charge in [0.05, 0.1) is 4.90 Å². The van der Waals surface area contributed by atoms with Crippen LogP contribution in [-0.4, -0.2) is 37.4 Å². The van der Waals surface area contributed by atoms with Crippen molar-refractivity contribution in [3.05, 3.63) is 26.6 Å². The minimum Gasteiger partial charge on any atom is -0.480 e. The number of aryl methyl sites for hydroxylation is 1. The molecule has 0 bridgehead atoms. The van der Waals surface area contributed by atoms with Gasteiger partial charge in [0.25, 0.3) is 0 Å². The Hall–Kier alpha value is -0.440. The largest absolute Gasteiger partial charge is 0.480 e. The highest BCUT2D eigenvalue weighted by Crippen LogP contribution is 2.30. The van der Waals surface area contributed by atoms with Crippen molar-refractivity contribution in [2.75, 3.05) is 13.6 Å². The number of halogens is 2. The lowest BCUT2D eigenvalue weighted by Crippen LogP contribution is -2.32. The van der Waals surface area contributed by atoms with Gasteiger partial charge in [-0.2, -0.15) is 4.31 Å². The number of aliphatic carboxylic acids is 1. The zero-order valence-corrected chi connectivity index (χ0v) is 13.6. The standard InChI is InChI=1S/C10H11Br2NO4S/c1-6-3-8(12)9(4-7(6)11)18(16,17)13(2)5-10(14)15/h3-4H,5H2,1-2H3,(H,14,15). The lowest BCUT2D eigenvalue weighted by Gasteiger charge is -2.16. The Balaban J connectivity index is 3.29. The molecule has 0 aromatic heterocycles. The molecule has 0 atom stereocenters. The van der Waals surface area contributed by atoms with E-state index in [1.807, 2.05) is 6.92 Å². The lowest BCUT2D eigenvalue weighted by molar-refractivity contribution is -0.137.